The number of carbonyl (C=O) groups is 2. The van der Waals surface area contributed by atoms with Crippen LogP contribution in [0.2, 0.25) is 5.02 Å². The molecule has 0 spiro atoms. The molecule has 7 nitrogen and oxygen atoms in total. The molecule has 0 fully saturated rings. The van der Waals surface area contributed by atoms with Crippen LogP contribution in [0.4, 0.5) is 5.69 Å². The van der Waals surface area contributed by atoms with E-state index >= 15 is 0 Å². The van der Waals surface area contributed by atoms with Crippen molar-refractivity contribution in [2.45, 2.75) is 20.3 Å². The molecule has 1 aromatic carbocycles. The molecule has 0 aliphatic rings. The fourth-order valence-corrected chi connectivity index (χ4v) is 2.96. The van der Waals surface area contributed by atoms with Gasteiger partial charge in [0.1, 0.15) is 5.56 Å². The molecule has 144 valence electrons. The molecule has 0 aliphatic carbocycles. The van der Waals surface area contributed by atoms with Gasteiger partial charge in [0.05, 0.1) is 22.6 Å². The summed E-state index contributed by atoms with van der Waals surface area (Å²) in [4.78, 5) is 28.8. The van der Waals surface area contributed by atoms with Gasteiger partial charge >= 0.3 is 5.97 Å². The molecular formula is C20H19ClN4O3. The molecule has 1 amide bonds. The van der Waals surface area contributed by atoms with E-state index < -0.39 is 18.5 Å². The Bertz CT molecular complexity index is 1000. The predicted octanol–water partition coefficient (Wildman–Crippen LogP) is 3.59. The van der Waals surface area contributed by atoms with Crippen molar-refractivity contribution in [1.82, 2.24) is 14.8 Å². The zero-order chi connectivity index (χ0) is 20.1. The number of esters is 1. The van der Waals surface area contributed by atoms with Gasteiger partial charge in [-0.2, -0.15) is 5.10 Å². The van der Waals surface area contributed by atoms with Gasteiger partial charge in [0.25, 0.3) is 5.91 Å². The van der Waals surface area contributed by atoms with Gasteiger partial charge in [-0.15, -0.1) is 0 Å². The van der Waals surface area contributed by atoms with Crippen molar-refractivity contribution in [2.75, 3.05) is 11.9 Å². The first-order valence-electron chi connectivity index (χ1n) is 8.71. The van der Waals surface area contributed by atoms with E-state index in [0.29, 0.717) is 34.2 Å². The maximum Gasteiger partial charge on any atom is 0.342 e. The SMILES string of the molecule is CCc1c(C(=O)OCC(=O)Nc2ccc(C)cc2Cl)cnn1-c1ccccn1. The monoisotopic (exact) mass is 398 g/mol. The summed E-state index contributed by atoms with van der Waals surface area (Å²) < 4.78 is 6.74. The van der Waals surface area contributed by atoms with Crippen LogP contribution in [0.15, 0.2) is 48.8 Å². The van der Waals surface area contributed by atoms with Crippen molar-refractivity contribution in [3.8, 4) is 5.82 Å². The van der Waals surface area contributed by atoms with Gasteiger partial charge < -0.3 is 10.1 Å². The molecule has 0 bridgehead atoms. The van der Waals surface area contributed by atoms with Crippen LogP contribution in [-0.2, 0) is 16.0 Å². The van der Waals surface area contributed by atoms with Crippen molar-refractivity contribution < 1.29 is 14.3 Å². The summed E-state index contributed by atoms with van der Waals surface area (Å²) in [5, 5.41) is 7.27. The Labute approximate surface area is 167 Å². The molecule has 28 heavy (non-hydrogen) atoms. The highest BCUT2D eigenvalue weighted by atomic mass is 35.5. The van der Waals surface area contributed by atoms with Gasteiger partial charge in [0, 0.05) is 6.20 Å². The van der Waals surface area contributed by atoms with Crippen molar-refractivity contribution in [1.29, 1.82) is 0 Å². The minimum atomic E-state index is -0.621. The minimum Gasteiger partial charge on any atom is -0.452 e. The normalized spacial score (nSPS) is 10.5. The second kappa shape index (κ2) is 8.67. The van der Waals surface area contributed by atoms with Gasteiger partial charge in [-0.3, -0.25) is 4.79 Å². The van der Waals surface area contributed by atoms with Crippen LogP contribution in [-0.4, -0.2) is 33.2 Å². The largest absolute Gasteiger partial charge is 0.452 e. The van der Waals surface area contributed by atoms with Crippen molar-refractivity contribution in [3.05, 3.63) is 70.6 Å². The lowest BCUT2D eigenvalue weighted by molar-refractivity contribution is -0.119. The Morgan fingerprint density at radius 3 is 2.75 bits per heavy atom. The van der Waals surface area contributed by atoms with E-state index in [1.165, 1.54) is 6.20 Å². The molecular weight excluding hydrogens is 380 g/mol. The Kier molecular flexibility index (Phi) is 6.06. The van der Waals surface area contributed by atoms with Crippen LogP contribution in [0.1, 0.15) is 28.5 Å². The summed E-state index contributed by atoms with van der Waals surface area (Å²) in [6.07, 6.45) is 3.62. The number of aryl methyl sites for hydroxylation is 1. The number of pyridine rings is 1. The molecule has 0 saturated heterocycles. The summed E-state index contributed by atoms with van der Waals surface area (Å²) >= 11 is 6.09. The first-order valence-corrected chi connectivity index (χ1v) is 9.08. The molecule has 0 unspecified atom stereocenters. The number of aromatic nitrogens is 3. The van der Waals surface area contributed by atoms with Gasteiger partial charge in [0.2, 0.25) is 0 Å². The fraction of sp³-hybridized carbons (Fsp3) is 0.200. The first-order chi connectivity index (χ1) is 13.5. The highest BCUT2D eigenvalue weighted by Gasteiger charge is 2.20. The lowest BCUT2D eigenvalue weighted by atomic mass is 10.2. The Balaban J connectivity index is 1.66. The number of amides is 1. The average Bonchev–Trinajstić information content (AvgIpc) is 3.13. The second-order valence-corrected chi connectivity index (χ2v) is 6.47. The van der Waals surface area contributed by atoms with Crippen molar-refractivity contribution >= 4 is 29.2 Å². The number of anilines is 1. The zero-order valence-electron chi connectivity index (χ0n) is 15.5. The number of benzene rings is 1. The predicted molar refractivity (Wildman–Crippen MR) is 106 cm³/mol. The molecule has 2 heterocycles. The van der Waals surface area contributed by atoms with Crippen LogP contribution in [0.5, 0.6) is 0 Å². The Morgan fingerprint density at radius 2 is 2.07 bits per heavy atom. The molecule has 8 heteroatoms. The van der Waals surface area contributed by atoms with Crippen LogP contribution < -0.4 is 5.32 Å². The number of ether oxygens (including phenoxy) is 1. The topological polar surface area (TPSA) is 86.1 Å². The first kappa shape index (κ1) is 19.6. The summed E-state index contributed by atoms with van der Waals surface area (Å²) in [7, 11) is 0. The molecule has 0 saturated carbocycles. The molecule has 1 N–H and O–H groups in total. The smallest absolute Gasteiger partial charge is 0.342 e. The lowest BCUT2D eigenvalue weighted by Crippen LogP contribution is -2.21. The molecule has 3 aromatic rings. The number of rotatable bonds is 6. The van der Waals surface area contributed by atoms with Gasteiger partial charge in [0.15, 0.2) is 12.4 Å². The third-order valence-corrected chi connectivity index (χ3v) is 4.34. The number of nitrogens with one attached hydrogen (secondary N) is 1. The highest BCUT2D eigenvalue weighted by Crippen LogP contribution is 2.22. The number of hydrogen-bond acceptors (Lipinski definition) is 5. The van der Waals surface area contributed by atoms with E-state index in [2.05, 4.69) is 15.4 Å². The van der Waals surface area contributed by atoms with E-state index in [1.807, 2.05) is 26.0 Å². The van der Waals surface area contributed by atoms with E-state index in [0.717, 1.165) is 5.56 Å². The third kappa shape index (κ3) is 4.37. The fourth-order valence-electron chi connectivity index (χ4n) is 2.68. The molecule has 0 atom stereocenters. The summed E-state index contributed by atoms with van der Waals surface area (Å²) in [6, 6.07) is 10.7. The number of hydrogen-bond donors (Lipinski definition) is 1. The maximum absolute atomic E-state index is 12.4. The van der Waals surface area contributed by atoms with Crippen molar-refractivity contribution in [3.63, 3.8) is 0 Å². The van der Waals surface area contributed by atoms with E-state index in [4.69, 9.17) is 16.3 Å². The van der Waals surface area contributed by atoms with Crippen molar-refractivity contribution in [2.24, 2.45) is 0 Å². The molecule has 3 rings (SSSR count). The summed E-state index contributed by atoms with van der Waals surface area (Å²) in [5.41, 5.74) is 2.40. The number of carbonyl (C=O) groups excluding carboxylic acids is 2. The van der Waals surface area contributed by atoms with Crippen LogP contribution in [0.3, 0.4) is 0 Å². The van der Waals surface area contributed by atoms with Gasteiger partial charge in [-0.25, -0.2) is 14.5 Å². The summed E-state index contributed by atoms with van der Waals surface area (Å²) in [6.45, 7) is 3.37. The average molecular weight is 399 g/mol. The summed E-state index contributed by atoms with van der Waals surface area (Å²) in [5.74, 6) is -0.497. The van der Waals surface area contributed by atoms with Gasteiger partial charge in [-0.1, -0.05) is 30.7 Å². The van der Waals surface area contributed by atoms with E-state index in [1.54, 1.807) is 35.1 Å². The Hall–Kier alpha value is -3.19. The second-order valence-electron chi connectivity index (χ2n) is 6.07. The maximum atomic E-state index is 12.4. The Morgan fingerprint density at radius 1 is 1.25 bits per heavy atom. The third-order valence-electron chi connectivity index (χ3n) is 4.02. The molecule has 0 aliphatic heterocycles. The minimum absolute atomic E-state index is 0.300. The lowest BCUT2D eigenvalue weighted by Gasteiger charge is -2.09. The van der Waals surface area contributed by atoms with Gasteiger partial charge in [-0.05, 0) is 43.2 Å². The molecule has 0 radical (unpaired) electrons. The van der Waals surface area contributed by atoms with E-state index in [9.17, 15) is 9.59 Å². The van der Waals surface area contributed by atoms with Crippen LogP contribution in [0.25, 0.3) is 5.82 Å². The molecule has 2 aromatic heterocycles. The number of nitrogens with zero attached hydrogens (tertiary/aromatic N) is 3. The zero-order valence-corrected chi connectivity index (χ0v) is 16.2. The highest BCUT2D eigenvalue weighted by molar-refractivity contribution is 6.33. The quantitative estimate of drug-likeness (QED) is 0.641. The van der Waals surface area contributed by atoms with E-state index in [-0.39, 0.29) is 0 Å². The number of halogens is 1. The standard InChI is InChI=1S/C20H19ClN4O3/c1-3-17-14(11-23-25(17)18-6-4-5-9-22-18)20(27)28-12-19(26)24-16-8-7-13(2)10-15(16)21/h4-11H,3,12H2,1-2H3,(H,24,26). The van der Waals surface area contributed by atoms with Crippen LogP contribution >= 0.6 is 11.6 Å². The van der Waals surface area contributed by atoms with Crippen LogP contribution in [0, 0.1) is 6.92 Å².